The van der Waals surface area contributed by atoms with E-state index in [2.05, 4.69) is 0 Å². The van der Waals surface area contributed by atoms with Crippen molar-refractivity contribution in [3.63, 3.8) is 0 Å². The first-order valence-corrected chi connectivity index (χ1v) is 6.03. The lowest BCUT2D eigenvalue weighted by molar-refractivity contribution is -0.131. The van der Waals surface area contributed by atoms with Crippen LogP contribution in [0.1, 0.15) is 5.56 Å². The number of carboxylic acid groups (broad SMARTS) is 1. The molecule has 0 radical (unpaired) electrons. The summed E-state index contributed by atoms with van der Waals surface area (Å²) >= 11 is 0. The van der Waals surface area contributed by atoms with E-state index >= 15 is 0 Å². The summed E-state index contributed by atoms with van der Waals surface area (Å²) in [5.41, 5.74) is -1.87. The van der Waals surface area contributed by atoms with Gasteiger partial charge in [-0.2, -0.15) is 0 Å². The molecule has 1 saturated heterocycles. The maximum absolute atomic E-state index is 14.0. The predicted molar refractivity (Wildman–Crippen MR) is 66.0 cm³/mol. The number of carbonyl (C=O) groups is 1. The molecule has 1 fully saturated rings. The van der Waals surface area contributed by atoms with Crippen LogP contribution in [-0.4, -0.2) is 37.4 Å². The highest BCUT2D eigenvalue weighted by atomic mass is 19.2. The van der Waals surface area contributed by atoms with Gasteiger partial charge in [0.2, 0.25) is 0 Å². The third kappa shape index (κ3) is 2.99. The highest BCUT2D eigenvalue weighted by Crippen LogP contribution is 2.32. The molecular formula is C13H11F4NO3. The minimum Gasteiger partial charge on any atom is -0.478 e. The number of ether oxygens (including phenoxy) is 1. The van der Waals surface area contributed by atoms with E-state index in [9.17, 15) is 22.4 Å². The number of rotatable bonds is 3. The second-order valence-electron chi connectivity index (χ2n) is 4.29. The molecular weight excluding hydrogens is 294 g/mol. The standard InChI is InChI=1S/C13H11F4NO3/c14-9-7(1-2-8(19)20)10(15)12(17)13(11(9)16)18-3-5-21-6-4-18/h1-2H,3-6H2,(H,19,20)/b2-1-. The van der Waals surface area contributed by atoms with Gasteiger partial charge >= 0.3 is 5.97 Å². The molecule has 21 heavy (non-hydrogen) atoms. The summed E-state index contributed by atoms with van der Waals surface area (Å²) in [6, 6.07) is 0. The first kappa shape index (κ1) is 15.3. The molecule has 0 aromatic heterocycles. The van der Waals surface area contributed by atoms with E-state index in [4.69, 9.17) is 9.84 Å². The molecule has 8 heteroatoms. The summed E-state index contributed by atoms with van der Waals surface area (Å²) in [4.78, 5) is 11.5. The Kier molecular flexibility index (Phi) is 4.46. The number of hydrogen-bond donors (Lipinski definition) is 1. The Morgan fingerprint density at radius 3 is 2.05 bits per heavy atom. The van der Waals surface area contributed by atoms with Gasteiger partial charge in [-0.3, -0.25) is 0 Å². The number of anilines is 1. The van der Waals surface area contributed by atoms with Gasteiger partial charge in [0.15, 0.2) is 23.3 Å². The van der Waals surface area contributed by atoms with Gasteiger partial charge in [0, 0.05) is 19.2 Å². The molecule has 4 nitrogen and oxygen atoms in total. The highest BCUT2D eigenvalue weighted by molar-refractivity contribution is 5.85. The average Bonchev–Trinajstić information content (AvgIpc) is 2.46. The van der Waals surface area contributed by atoms with Gasteiger partial charge in [0.1, 0.15) is 5.69 Å². The van der Waals surface area contributed by atoms with E-state index in [-0.39, 0.29) is 26.3 Å². The second-order valence-corrected chi connectivity index (χ2v) is 4.29. The van der Waals surface area contributed by atoms with Crippen molar-refractivity contribution < 1.29 is 32.2 Å². The molecule has 114 valence electrons. The van der Waals surface area contributed by atoms with Crippen molar-refractivity contribution in [1.82, 2.24) is 0 Å². The van der Waals surface area contributed by atoms with E-state index in [1.165, 1.54) is 0 Å². The molecule has 0 spiro atoms. The van der Waals surface area contributed by atoms with Crippen molar-refractivity contribution in [3.05, 3.63) is 34.9 Å². The van der Waals surface area contributed by atoms with Crippen molar-refractivity contribution in [3.8, 4) is 0 Å². The first-order valence-electron chi connectivity index (χ1n) is 6.03. The average molecular weight is 305 g/mol. The number of hydrogen-bond acceptors (Lipinski definition) is 3. The molecule has 1 aromatic rings. The maximum Gasteiger partial charge on any atom is 0.328 e. The second kappa shape index (κ2) is 6.13. The van der Waals surface area contributed by atoms with E-state index in [1.54, 1.807) is 0 Å². The molecule has 0 atom stereocenters. The smallest absolute Gasteiger partial charge is 0.328 e. The van der Waals surface area contributed by atoms with Crippen molar-refractivity contribution in [2.75, 3.05) is 31.2 Å². The Morgan fingerprint density at radius 2 is 1.57 bits per heavy atom. The zero-order valence-electron chi connectivity index (χ0n) is 10.7. The zero-order chi connectivity index (χ0) is 15.6. The van der Waals surface area contributed by atoms with Crippen LogP contribution in [0.15, 0.2) is 6.08 Å². The third-order valence-electron chi connectivity index (χ3n) is 2.99. The number of carboxylic acids is 1. The molecule has 1 aromatic carbocycles. The van der Waals surface area contributed by atoms with Gasteiger partial charge in [0.05, 0.1) is 18.8 Å². The lowest BCUT2D eigenvalue weighted by Crippen LogP contribution is -2.37. The maximum atomic E-state index is 14.0. The monoisotopic (exact) mass is 305 g/mol. The Bertz CT molecular complexity index is 569. The Hall–Kier alpha value is -2.09. The zero-order valence-corrected chi connectivity index (χ0v) is 10.7. The summed E-state index contributed by atoms with van der Waals surface area (Å²) in [5, 5.41) is 8.41. The van der Waals surface area contributed by atoms with Crippen molar-refractivity contribution in [1.29, 1.82) is 0 Å². The SMILES string of the molecule is O=C(O)/C=C\c1c(F)c(F)c(N2CCOCC2)c(F)c1F. The Balaban J connectivity index is 2.52. The van der Waals surface area contributed by atoms with Gasteiger partial charge in [0.25, 0.3) is 0 Å². The van der Waals surface area contributed by atoms with Crippen LogP contribution in [0.2, 0.25) is 0 Å². The van der Waals surface area contributed by atoms with Crippen molar-refractivity contribution >= 4 is 17.7 Å². The molecule has 1 aliphatic heterocycles. The largest absolute Gasteiger partial charge is 0.478 e. The van der Waals surface area contributed by atoms with Gasteiger partial charge in [-0.25, -0.2) is 22.4 Å². The van der Waals surface area contributed by atoms with Crippen LogP contribution < -0.4 is 4.90 Å². The fourth-order valence-corrected chi connectivity index (χ4v) is 2.00. The molecule has 2 rings (SSSR count). The van der Waals surface area contributed by atoms with Gasteiger partial charge in [-0.05, 0) is 6.08 Å². The van der Waals surface area contributed by atoms with Crippen LogP contribution in [0.25, 0.3) is 6.08 Å². The van der Waals surface area contributed by atoms with Crippen LogP contribution in [0.5, 0.6) is 0 Å². The molecule has 1 heterocycles. The third-order valence-corrected chi connectivity index (χ3v) is 2.99. The van der Waals surface area contributed by atoms with Crippen LogP contribution >= 0.6 is 0 Å². The van der Waals surface area contributed by atoms with Crippen LogP contribution in [0.4, 0.5) is 23.2 Å². The summed E-state index contributed by atoms with van der Waals surface area (Å²) in [5.74, 6) is -7.87. The minimum atomic E-state index is -1.63. The van der Waals surface area contributed by atoms with E-state index in [0.29, 0.717) is 12.2 Å². The van der Waals surface area contributed by atoms with Crippen LogP contribution in [-0.2, 0) is 9.53 Å². The van der Waals surface area contributed by atoms with E-state index in [0.717, 1.165) is 4.90 Å². The van der Waals surface area contributed by atoms with Crippen molar-refractivity contribution in [2.24, 2.45) is 0 Å². The van der Waals surface area contributed by atoms with Gasteiger partial charge in [-0.15, -0.1) is 0 Å². The molecule has 0 bridgehead atoms. The highest BCUT2D eigenvalue weighted by Gasteiger charge is 2.28. The molecule has 1 aliphatic rings. The number of nitrogens with zero attached hydrogens (tertiary/aromatic N) is 1. The lowest BCUT2D eigenvalue weighted by atomic mass is 10.1. The molecule has 0 aliphatic carbocycles. The van der Waals surface area contributed by atoms with Gasteiger partial charge < -0.3 is 14.7 Å². The van der Waals surface area contributed by atoms with Crippen LogP contribution in [0, 0.1) is 23.3 Å². The van der Waals surface area contributed by atoms with E-state index < -0.39 is 40.5 Å². The summed E-state index contributed by atoms with van der Waals surface area (Å²) in [6.45, 7) is 0.555. The predicted octanol–water partition coefficient (Wildman–Crippen LogP) is 2.18. The first-order chi connectivity index (χ1) is 9.93. The Morgan fingerprint density at radius 1 is 1.05 bits per heavy atom. The topological polar surface area (TPSA) is 49.8 Å². The lowest BCUT2D eigenvalue weighted by Gasteiger charge is -2.29. The normalized spacial score (nSPS) is 15.7. The fourth-order valence-electron chi connectivity index (χ4n) is 2.00. The van der Waals surface area contributed by atoms with E-state index in [1.807, 2.05) is 0 Å². The van der Waals surface area contributed by atoms with Gasteiger partial charge in [-0.1, -0.05) is 0 Å². The number of halogens is 4. The molecule has 0 unspecified atom stereocenters. The van der Waals surface area contributed by atoms with Crippen LogP contribution in [0.3, 0.4) is 0 Å². The number of benzene rings is 1. The minimum absolute atomic E-state index is 0.0943. The summed E-state index contributed by atoms with van der Waals surface area (Å²) < 4.78 is 60.6. The van der Waals surface area contributed by atoms with Crippen molar-refractivity contribution in [2.45, 2.75) is 0 Å². The quantitative estimate of drug-likeness (QED) is 0.528. The molecule has 1 N–H and O–H groups in total. The summed E-state index contributed by atoms with van der Waals surface area (Å²) in [6.07, 6.45) is 0.872. The number of aliphatic carboxylic acids is 1. The summed E-state index contributed by atoms with van der Waals surface area (Å²) in [7, 11) is 0. The Labute approximate surface area is 117 Å². The molecule has 0 saturated carbocycles. The number of morpholine rings is 1. The fraction of sp³-hybridized carbons (Fsp3) is 0.308. The molecule has 0 amide bonds.